The monoisotopic (exact) mass is 374 g/mol. The quantitative estimate of drug-likeness (QED) is 0.442. The molecule has 1 amide bonds. The number of amides is 1. The van der Waals surface area contributed by atoms with Gasteiger partial charge in [0.25, 0.3) is 5.91 Å². The normalized spacial score (nSPS) is 14.2. The van der Waals surface area contributed by atoms with Gasteiger partial charge in [0.2, 0.25) is 0 Å². The summed E-state index contributed by atoms with van der Waals surface area (Å²) in [4.78, 5) is 29.8. The molecule has 0 radical (unpaired) electrons. The molecule has 1 fully saturated rings. The number of carbonyl (C=O) groups is 2. The summed E-state index contributed by atoms with van der Waals surface area (Å²) in [6, 6.07) is 19.4. The minimum absolute atomic E-state index is 0.140. The number of H-pyrrole nitrogens is 1. The third-order valence-electron chi connectivity index (χ3n) is 5.61. The van der Waals surface area contributed by atoms with Gasteiger partial charge in [-0.2, -0.15) is 0 Å². The van der Waals surface area contributed by atoms with E-state index in [4.69, 9.17) is 0 Å². The van der Waals surface area contributed by atoms with E-state index < -0.39 is 0 Å². The van der Waals surface area contributed by atoms with Gasteiger partial charge in [-0.25, -0.2) is 0 Å². The largest absolute Gasteiger partial charge is 0.352 e. The molecule has 4 nitrogen and oxygen atoms in total. The van der Waals surface area contributed by atoms with Gasteiger partial charge in [-0.1, -0.05) is 49.2 Å². The zero-order valence-corrected chi connectivity index (χ0v) is 16.1. The number of nitrogens with one attached hydrogen (secondary N) is 1. The first-order chi connectivity index (χ1) is 13.7. The van der Waals surface area contributed by atoms with Crippen LogP contribution in [0.4, 0.5) is 0 Å². The van der Waals surface area contributed by atoms with Crippen LogP contribution in [0.3, 0.4) is 0 Å². The molecular formula is C24H26N2O2. The second kappa shape index (κ2) is 8.42. The van der Waals surface area contributed by atoms with Gasteiger partial charge in [0.1, 0.15) is 0 Å². The van der Waals surface area contributed by atoms with Crippen molar-refractivity contribution in [2.75, 3.05) is 13.1 Å². The fourth-order valence-electron chi connectivity index (χ4n) is 3.94. The van der Waals surface area contributed by atoms with Gasteiger partial charge in [0.15, 0.2) is 5.78 Å². The Morgan fingerprint density at radius 1 is 0.929 bits per heavy atom. The van der Waals surface area contributed by atoms with Gasteiger partial charge >= 0.3 is 0 Å². The molecule has 1 saturated heterocycles. The Bertz CT molecular complexity index is 922. The summed E-state index contributed by atoms with van der Waals surface area (Å²) in [5, 5.41) is 1.09. The third kappa shape index (κ3) is 4.16. The Morgan fingerprint density at radius 3 is 2.46 bits per heavy atom. The van der Waals surface area contributed by atoms with Gasteiger partial charge in [-0.05, 0) is 43.0 Å². The molecule has 0 aliphatic carbocycles. The van der Waals surface area contributed by atoms with E-state index in [9.17, 15) is 9.59 Å². The number of ketones is 1. The Hall–Kier alpha value is -2.88. The van der Waals surface area contributed by atoms with Gasteiger partial charge in [-0.3, -0.25) is 9.59 Å². The molecule has 28 heavy (non-hydrogen) atoms. The SMILES string of the molecule is O=C(CCCCCC1CN(C(=O)c2ccccc2)C1)c1cc2ccccc2[nH]1. The fraction of sp³-hybridized carbons (Fsp3) is 0.333. The Labute approximate surface area is 165 Å². The number of likely N-dealkylation sites (tertiary alicyclic amines) is 1. The number of nitrogens with zero attached hydrogens (tertiary/aromatic N) is 1. The Kier molecular flexibility index (Phi) is 5.56. The Balaban J connectivity index is 1.12. The minimum Gasteiger partial charge on any atom is -0.352 e. The van der Waals surface area contributed by atoms with E-state index in [1.54, 1.807) is 0 Å². The van der Waals surface area contributed by atoms with Crippen LogP contribution in [-0.2, 0) is 0 Å². The van der Waals surface area contributed by atoms with Crippen molar-refractivity contribution in [2.24, 2.45) is 5.92 Å². The molecule has 3 aromatic rings. The van der Waals surface area contributed by atoms with Crippen LogP contribution in [0.25, 0.3) is 10.9 Å². The molecule has 1 N–H and O–H groups in total. The lowest BCUT2D eigenvalue weighted by molar-refractivity contribution is 0.0480. The highest BCUT2D eigenvalue weighted by atomic mass is 16.2. The summed E-state index contributed by atoms with van der Waals surface area (Å²) in [5.74, 6) is 0.942. The maximum absolute atomic E-state index is 12.4. The maximum atomic E-state index is 12.4. The molecule has 0 spiro atoms. The van der Waals surface area contributed by atoms with Gasteiger partial charge < -0.3 is 9.88 Å². The highest BCUT2D eigenvalue weighted by Crippen LogP contribution is 2.24. The van der Waals surface area contributed by atoms with Crippen LogP contribution in [0.5, 0.6) is 0 Å². The number of hydrogen-bond acceptors (Lipinski definition) is 2. The van der Waals surface area contributed by atoms with Gasteiger partial charge in [-0.15, -0.1) is 0 Å². The van der Waals surface area contributed by atoms with Gasteiger partial charge in [0, 0.05) is 36.0 Å². The minimum atomic E-state index is 0.140. The number of aromatic amines is 1. The number of unbranched alkanes of at least 4 members (excludes halogenated alkanes) is 2. The molecule has 144 valence electrons. The molecule has 1 aliphatic rings. The molecule has 0 unspecified atom stereocenters. The van der Waals surface area contributed by atoms with Crippen molar-refractivity contribution in [1.29, 1.82) is 0 Å². The third-order valence-corrected chi connectivity index (χ3v) is 5.61. The van der Waals surface area contributed by atoms with Crippen molar-refractivity contribution in [3.8, 4) is 0 Å². The molecular weight excluding hydrogens is 348 g/mol. The first-order valence-electron chi connectivity index (χ1n) is 10.2. The predicted octanol–water partition coefficient (Wildman–Crippen LogP) is 5.07. The van der Waals surface area contributed by atoms with Gasteiger partial charge in [0.05, 0.1) is 5.69 Å². The van der Waals surface area contributed by atoms with Crippen molar-refractivity contribution >= 4 is 22.6 Å². The number of para-hydroxylation sites is 1. The lowest BCUT2D eigenvalue weighted by atomic mass is 9.92. The Morgan fingerprint density at radius 2 is 1.68 bits per heavy atom. The topological polar surface area (TPSA) is 53.2 Å². The molecule has 2 heterocycles. The van der Waals surface area contributed by atoms with E-state index in [1.165, 1.54) is 0 Å². The second-order valence-corrected chi connectivity index (χ2v) is 7.73. The number of Topliss-reactive ketones (excluding diaryl/α,β-unsaturated/α-hetero) is 1. The number of hydrogen-bond donors (Lipinski definition) is 1. The van der Waals surface area contributed by atoms with E-state index in [1.807, 2.05) is 65.6 Å². The van der Waals surface area contributed by atoms with Crippen LogP contribution < -0.4 is 0 Å². The average molecular weight is 374 g/mol. The summed E-state index contributed by atoms with van der Waals surface area (Å²) in [6.07, 6.45) is 4.84. The molecule has 2 aromatic carbocycles. The summed E-state index contributed by atoms with van der Waals surface area (Å²) < 4.78 is 0. The molecule has 4 heteroatoms. The van der Waals surface area contributed by atoms with Crippen molar-refractivity contribution in [1.82, 2.24) is 9.88 Å². The summed E-state index contributed by atoms with van der Waals surface area (Å²) in [6.45, 7) is 1.73. The summed E-state index contributed by atoms with van der Waals surface area (Å²) in [7, 11) is 0. The number of rotatable bonds is 8. The van der Waals surface area contributed by atoms with Crippen LogP contribution in [0.1, 0.15) is 53.0 Å². The summed E-state index contributed by atoms with van der Waals surface area (Å²) in [5.41, 5.74) is 2.51. The zero-order valence-electron chi connectivity index (χ0n) is 16.1. The highest BCUT2D eigenvalue weighted by molar-refractivity contribution is 5.99. The van der Waals surface area contributed by atoms with E-state index in [-0.39, 0.29) is 11.7 Å². The molecule has 1 aromatic heterocycles. The average Bonchev–Trinajstić information content (AvgIpc) is 3.13. The van der Waals surface area contributed by atoms with Crippen LogP contribution in [0.15, 0.2) is 60.7 Å². The van der Waals surface area contributed by atoms with E-state index in [0.29, 0.717) is 12.3 Å². The predicted molar refractivity (Wildman–Crippen MR) is 112 cm³/mol. The first-order valence-corrected chi connectivity index (χ1v) is 10.2. The van der Waals surface area contributed by atoms with Crippen molar-refractivity contribution in [2.45, 2.75) is 32.1 Å². The number of carbonyl (C=O) groups excluding carboxylic acids is 2. The number of fused-ring (bicyclic) bond motifs is 1. The van der Waals surface area contributed by atoms with E-state index in [2.05, 4.69) is 4.98 Å². The highest BCUT2D eigenvalue weighted by Gasteiger charge is 2.30. The number of aromatic nitrogens is 1. The van der Waals surface area contributed by atoms with Crippen LogP contribution in [-0.4, -0.2) is 34.7 Å². The lowest BCUT2D eigenvalue weighted by Crippen LogP contribution is -2.49. The standard InChI is InChI=1S/C24H26N2O2/c27-23(22-15-20-12-7-8-13-21(20)25-22)14-6-1-3-9-18-16-26(17-18)24(28)19-10-4-2-5-11-19/h2,4-5,7-8,10-13,15,18,25H,1,3,6,9,14,16-17H2. The van der Waals surface area contributed by atoms with E-state index in [0.717, 1.165) is 60.9 Å². The molecule has 0 bridgehead atoms. The molecule has 1 aliphatic heterocycles. The van der Waals surface area contributed by atoms with Crippen LogP contribution in [0, 0.1) is 5.92 Å². The van der Waals surface area contributed by atoms with E-state index >= 15 is 0 Å². The fourth-order valence-corrected chi connectivity index (χ4v) is 3.94. The van der Waals surface area contributed by atoms with Crippen LogP contribution in [0.2, 0.25) is 0 Å². The maximum Gasteiger partial charge on any atom is 0.253 e. The zero-order chi connectivity index (χ0) is 19.3. The molecule has 0 atom stereocenters. The first kappa shape index (κ1) is 18.5. The molecule has 4 rings (SSSR count). The second-order valence-electron chi connectivity index (χ2n) is 7.73. The van der Waals surface area contributed by atoms with Crippen molar-refractivity contribution in [3.63, 3.8) is 0 Å². The lowest BCUT2D eigenvalue weighted by Gasteiger charge is -2.39. The molecule has 0 saturated carbocycles. The van der Waals surface area contributed by atoms with Crippen molar-refractivity contribution < 1.29 is 9.59 Å². The summed E-state index contributed by atoms with van der Waals surface area (Å²) >= 11 is 0. The van der Waals surface area contributed by atoms with Crippen LogP contribution >= 0.6 is 0 Å². The smallest absolute Gasteiger partial charge is 0.253 e. The number of benzene rings is 2. The van der Waals surface area contributed by atoms with Crippen molar-refractivity contribution in [3.05, 3.63) is 71.9 Å².